The molecule has 1 N–H and O–H groups in total. The lowest BCUT2D eigenvalue weighted by Crippen LogP contribution is -2.53. The van der Waals surface area contributed by atoms with Crippen LogP contribution >= 0.6 is 0 Å². The van der Waals surface area contributed by atoms with Crippen LogP contribution in [0.3, 0.4) is 0 Å². The Bertz CT molecular complexity index is 710. The van der Waals surface area contributed by atoms with Crippen molar-refractivity contribution in [1.29, 1.82) is 0 Å². The van der Waals surface area contributed by atoms with Gasteiger partial charge in [0, 0.05) is 19.0 Å². The van der Waals surface area contributed by atoms with Crippen molar-refractivity contribution in [3.8, 4) is 0 Å². The van der Waals surface area contributed by atoms with Gasteiger partial charge in [0.1, 0.15) is 5.69 Å². The number of rotatable bonds is 3. The normalized spacial score (nSPS) is 16.5. The van der Waals surface area contributed by atoms with E-state index in [9.17, 15) is 9.59 Å². The summed E-state index contributed by atoms with van der Waals surface area (Å²) in [5.74, 6) is -1.43. The molecule has 0 bridgehead atoms. The zero-order valence-corrected chi connectivity index (χ0v) is 11.6. The molecule has 1 amide bonds. The minimum atomic E-state index is -0.822. The van der Waals surface area contributed by atoms with Gasteiger partial charge in [0.25, 0.3) is 5.91 Å². The lowest BCUT2D eigenvalue weighted by molar-refractivity contribution is -0.144. The second kappa shape index (κ2) is 5.12. The molecule has 1 saturated heterocycles. The molecule has 2 heterocycles. The van der Waals surface area contributed by atoms with Gasteiger partial charge >= 0.3 is 5.97 Å². The molecular weight excluding hydrogens is 270 g/mol. The minimum absolute atomic E-state index is 0.0138. The Balaban J connectivity index is 1.72. The lowest BCUT2D eigenvalue weighted by atomic mass is 9.87. The molecular formula is C15H15N3O3. The van der Waals surface area contributed by atoms with Crippen molar-refractivity contribution in [3.63, 3.8) is 0 Å². The summed E-state index contributed by atoms with van der Waals surface area (Å²) < 4.78 is 0. The second-order valence-corrected chi connectivity index (χ2v) is 5.34. The third-order valence-electron chi connectivity index (χ3n) is 3.96. The van der Waals surface area contributed by atoms with Gasteiger partial charge in [0.05, 0.1) is 23.1 Å². The number of aromatic nitrogens is 2. The van der Waals surface area contributed by atoms with Gasteiger partial charge in [-0.25, -0.2) is 4.98 Å². The quantitative estimate of drug-likeness (QED) is 0.922. The van der Waals surface area contributed by atoms with E-state index in [2.05, 4.69) is 9.97 Å². The maximum Gasteiger partial charge on any atom is 0.306 e. The van der Waals surface area contributed by atoms with Gasteiger partial charge in [-0.05, 0) is 12.1 Å². The summed E-state index contributed by atoms with van der Waals surface area (Å²) in [6, 6.07) is 7.36. The molecule has 1 aliphatic rings. The van der Waals surface area contributed by atoms with Crippen LogP contribution in [-0.4, -0.2) is 44.9 Å². The van der Waals surface area contributed by atoms with Crippen molar-refractivity contribution in [1.82, 2.24) is 14.9 Å². The third kappa shape index (κ3) is 2.44. The molecule has 108 valence electrons. The van der Waals surface area contributed by atoms with Crippen LogP contribution in [0, 0.1) is 11.8 Å². The molecule has 0 saturated carbocycles. The van der Waals surface area contributed by atoms with E-state index in [0.29, 0.717) is 24.3 Å². The number of aliphatic carboxylic acids is 1. The third-order valence-corrected chi connectivity index (χ3v) is 3.96. The summed E-state index contributed by atoms with van der Waals surface area (Å²) in [5, 5.41) is 8.95. The Labute approximate surface area is 121 Å². The predicted molar refractivity (Wildman–Crippen MR) is 75.7 cm³/mol. The van der Waals surface area contributed by atoms with Crippen molar-refractivity contribution < 1.29 is 14.7 Å². The van der Waals surface area contributed by atoms with E-state index in [1.165, 1.54) is 6.20 Å². The van der Waals surface area contributed by atoms with E-state index in [1.807, 2.05) is 24.3 Å². The SMILES string of the molecule is CC(C(=O)O)C1CN(C(=O)c2cnc3ccccc3n2)C1. The maximum atomic E-state index is 12.3. The summed E-state index contributed by atoms with van der Waals surface area (Å²) in [6.07, 6.45) is 1.47. The Morgan fingerprint density at radius 2 is 1.95 bits per heavy atom. The van der Waals surface area contributed by atoms with Crippen LogP contribution in [0.2, 0.25) is 0 Å². The van der Waals surface area contributed by atoms with Gasteiger partial charge < -0.3 is 10.0 Å². The highest BCUT2D eigenvalue weighted by atomic mass is 16.4. The van der Waals surface area contributed by atoms with E-state index >= 15 is 0 Å². The van der Waals surface area contributed by atoms with Gasteiger partial charge in [-0.3, -0.25) is 14.6 Å². The number of benzene rings is 1. The molecule has 3 rings (SSSR count). The van der Waals surface area contributed by atoms with E-state index < -0.39 is 11.9 Å². The van der Waals surface area contributed by atoms with Gasteiger partial charge in [-0.15, -0.1) is 0 Å². The number of amides is 1. The van der Waals surface area contributed by atoms with Crippen molar-refractivity contribution in [2.45, 2.75) is 6.92 Å². The molecule has 1 aromatic carbocycles. The number of nitrogens with zero attached hydrogens (tertiary/aromatic N) is 3. The fourth-order valence-electron chi connectivity index (χ4n) is 2.42. The van der Waals surface area contributed by atoms with Gasteiger partial charge in [-0.2, -0.15) is 0 Å². The van der Waals surface area contributed by atoms with Crippen LogP contribution in [0.5, 0.6) is 0 Å². The average molecular weight is 285 g/mol. The molecule has 2 aromatic rings. The first-order chi connectivity index (χ1) is 10.1. The van der Waals surface area contributed by atoms with Crippen molar-refractivity contribution in [2.75, 3.05) is 13.1 Å². The molecule has 0 spiro atoms. The van der Waals surface area contributed by atoms with Crippen LogP contribution in [0.25, 0.3) is 11.0 Å². The zero-order chi connectivity index (χ0) is 15.0. The molecule has 1 aliphatic heterocycles. The van der Waals surface area contributed by atoms with E-state index in [4.69, 9.17) is 5.11 Å². The number of carboxylic acid groups (broad SMARTS) is 1. The molecule has 1 aromatic heterocycles. The number of fused-ring (bicyclic) bond motifs is 1. The smallest absolute Gasteiger partial charge is 0.306 e. The van der Waals surface area contributed by atoms with Gasteiger partial charge in [-0.1, -0.05) is 19.1 Å². The predicted octanol–water partition coefficient (Wildman–Crippen LogP) is 1.42. The van der Waals surface area contributed by atoms with Crippen LogP contribution < -0.4 is 0 Å². The van der Waals surface area contributed by atoms with Crippen molar-refractivity contribution in [2.24, 2.45) is 11.8 Å². The molecule has 21 heavy (non-hydrogen) atoms. The minimum Gasteiger partial charge on any atom is -0.481 e. The largest absolute Gasteiger partial charge is 0.481 e. The number of para-hydroxylation sites is 2. The molecule has 0 aliphatic carbocycles. The van der Waals surface area contributed by atoms with Crippen molar-refractivity contribution in [3.05, 3.63) is 36.2 Å². The molecule has 1 atom stereocenters. The van der Waals surface area contributed by atoms with Crippen LogP contribution in [0.1, 0.15) is 17.4 Å². The Morgan fingerprint density at radius 3 is 2.62 bits per heavy atom. The average Bonchev–Trinajstić information content (AvgIpc) is 2.44. The Kier molecular flexibility index (Phi) is 3.29. The first kappa shape index (κ1) is 13.5. The fourth-order valence-corrected chi connectivity index (χ4v) is 2.42. The summed E-state index contributed by atoms with van der Waals surface area (Å²) >= 11 is 0. The topological polar surface area (TPSA) is 83.4 Å². The summed E-state index contributed by atoms with van der Waals surface area (Å²) in [7, 11) is 0. The number of carbonyl (C=O) groups is 2. The Morgan fingerprint density at radius 1 is 1.29 bits per heavy atom. The van der Waals surface area contributed by atoms with Crippen LogP contribution in [0.15, 0.2) is 30.5 Å². The Hall–Kier alpha value is -2.50. The molecule has 6 nitrogen and oxygen atoms in total. The summed E-state index contributed by atoms with van der Waals surface area (Å²) in [6.45, 7) is 2.59. The lowest BCUT2D eigenvalue weighted by Gasteiger charge is -2.40. The number of carboxylic acids is 1. The van der Waals surface area contributed by atoms with E-state index in [-0.39, 0.29) is 11.8 Å². The summed E-state index contributed by atoms with van der Waals surface area (Å²) in [4.78, 5) is 33.3. The standard InChI is InChI=1S/C15H15N3O3/c1-9(15(20)21)10-7-18(8-10)14(19)13-6-16-11-4-2-3-5-12(11)17-13/h2-6,9-10H,7-8H2,1H3,(H,20,21). The number of carbonyl (C=O) groups excluding carboxylic acids is 1. The first-order valence-corrected chi connectivity index (χ1v) is 6.80. The van der Waals surface area contributed by atoms with Gasteiger partial charge in [0.2, 0.25) is 0 Å². The molecule has 0 radical (unpaired) electrons. The maximum absolute atomic E-state index is 12.3. The van der Waals surface area contributed by atoms with Crippen molar-refractivity contribution >= 4 is 22.9 Å². The fraction of sp³-hybridized carbons (Fsp3) is 0.333. The van der Waals surface area contributed by atoms with Gasteiger partial charge in [0.15, 0.2) is 0 Å². The number of likely N-dealkylation sites (tertiary alicyclic amines) is 1. The van der Waals surface area contributed by atoms with Crippen LogP contribution in [0.4, 0.5) is 0 Å². The number of hydrogen-bond acceptors (Lipinski definition) is 4. The summed E-state index contributed by atoms with van der Waals surface area (Å²) in [5.41, 5.74) is 1.73. The first-order valence-electron chi connectivity index (χ1n) is 6.80. The highest BCUT2D eigenvalue weighted by Crippen LogP contribution is 2.25. The molecule has 1 fully saturated rings. The molecule has 1 unspecified atom stereocenters. The van der Waals surface area contributed by atoms with E-state index in [0.717, 1.165) is 5.52 Å². The number of hydrogen-bond donors (Lipinski definition) is 1. The monoisotopic (exact) mass is 285 g/mol. The second-order valence-electron chi connectivity index (χ2n) is 5.34. The van der Waals surface area contributed by atoms with E-state index in [1.54, 1.807) is 11.8 Å². The highest BCUT2D eigenvalue weighted by Gasteiger charge is 2.37. The zero-order valence-electron chi connectivity index (χ0n) is 11.6. The van der Waals surface area contributed by atoms with Crippen LogP contribution in [-0.2, 0) is 4.79 Å². The highest BCUT2D eigenvalue weighted by molar-refractivity contribution is 5.94. The molecule has 6 heteroatoms.